The first-order valence-electron chi connectivity index (χ1n) is 12.0. The van der Waals surface area contributed by atoms with Crippen LogP contribution in [0.1, 0.15) is 37.0 Å². The van der Waals surface area contributed by atoms with Gasteiger partial charge in [0.05, 0.1) is 19.3 Å². The fraction of sp³-hybridized carbons (Fsp3) is 0.379. The Balaban J connectivity index is 1.70. The Labute approximate surface area is 205 Å². The quantitative estimate of drug-likeness (QED) is 0.401. The van der Waals surface area contributed by atoms with Crippen molar-refractivity contribution in [2.24, 2.45) is 5.92 Å². The summed E-state index contributed by atoms with van der Waals surface area (Å²) in [5, 5.41) is 11.3. The summed E-state index contributed by atoms with van der Waals surface area (Å²) in [6.07, 6.45) is -3.59. The molecule has 3 aromatic carbocycles. The SMILES string of the molecule is CCC1(O)O[C@@H](C(F)(F)c2ccccc2)[C@H](OCc2ccccc2)[C@@H](OCc2ccccc2)[C@@H]1C. The van der Waals surface area contributed by atoms with Crippen molar-refractivity contribution in [1.82, 2.24) is 0 Å². The summed E-state index contributed by atoms with van der Waals surface area (Å²) in [5.41, 5.74) is 1.55. The molecule has 0 spiro atoms. The first-order valence-corrected chi connectivity index (χ1v) is 12.0. The van der Waals surface area contributed by atoms with Crippen LogP contribution in [0.3, 0.4) is 0 Å². The van der Waals surface area contributed by atoms with E-state index in [-0.39, 0.29) is 25.2 Å². The van der Waals surface area contributed by atoms with Crippen molar-refractivity contribution < 1.29 is 28.1 Å². The maximum absolute atomic E-state index is 16.0. The van der Waals surface area contributed by atoms with E-state index in [0.29, 0.717) is 0 Å². The predicted octanol–water partition coefficient (Wildman–Crippen LogP) is 6.08. The van der Waals surface area contributed by atoms with Gasteiger partial charge in [0.15, 0.2) is 11.9 Å². The van der Waals surface area contributed by atoms with E-state index in [1.165, 1.54) is 12.1 Å². The average molecular weight is 483 g/mol. The van der Waals surface area contributed by atoms with E-state index in [2.05, 4.69) is 0 Å². The molecule has 35 heavy (non-hydrogen) atoms. The van der Waals surface area contributed by atoms with Gasteiger partial charge in [0.2, 0.25) is 0 Å². The van der Waals surface area contributed by atoms with Crippen LogP contribution in [0.2, 0.25) is 0 Å². The number of aliphatic hydroxyl groups is 1. The van der Waals surface area contributed by atoms with Crippen LogP contribution < -0.4 is 0 Å². The molecule has 6 heteroatoms. The zero-order chi connectivity index (χ0) is 24.9. The lowest BCUT2D eigenvalue weighted by Gasteiger charge is -2.51. The summed E-state index contributed by atoms with van der Waals surface area (Å²) in [6.45, 7) is 3.78. The Kier molecular flexibility index (Phi) is 7.97. The fourth-order valence-electron chi connectivity index (χ4n) is 4.57. The number of hydrogen-bond acceptors (Lipinski definition) is 4. The second-order valence-electron chi connectivity index (χ2n) is 9.04. The van der Waals surface area contributed by atoms with Gasteiger partial charge in [-0.3, -0.25) is 0 Å². The number of hydrogen-bond donors (Lipinski definition) is 1. The van der Waals surface area contributed by atoms with Crippen LogP contribution in [0.15, 0.2) is 91.0 Å². The summed E-state index contributed by atoms with van der Waals surface area (Å²) in [4.78, 5) is 0. The zero-order valence-corrected chi connectivity index (χ0v) is 20.0. The monoisotopic (exact) mass is 482 g/mol. The van der Waals surface area contributed by atoms with Crippen molar-refractivity contribution in [1.29, 1.82) is 0 Å². The summed E-state index contributed by atoms with van der Waals surface area (Å²) < 4.78 is 50.2. The molecule has 1 aliphatic rings. The molecule has 3 aromatic rings. The Morgan fingerprint density at radius 3 is 1.74 bits per heavy atom. The standard InChI is InChI=1S/C29H32F2O4/c1-3-28(32)21(2)25(33-19-22-13-7-4-8-14-22)26(34-20-23-15-9-5-10-16-23)27(35-28)29(30,31)24-17-11-6-12-18-24/h4-18,21,25-27,32H,3,19-20H2,1-2H3/t21-,25-,26+,27+,28?/m0/s1. The van der Waals surface area contributed by atoms with E-state index in [1.807, 2.05) is 60.7 Å². The van der Waals surface area contributed by atoms with E-state index in [4.69, 9.17) is 14.2 Å². The Morgan fingerprint density at radius 2 is 1.26 bits per heavy atom. The van der Waals surface area contributed by atoms with Crippen LogP contribution >= 0.6 is 0 Å². The van der Waals surface area contributed by atoms with Crippen molar-refractivity contribution in [3.63, 3.8) is 0 Å². The third-order valence-electron chi connectivity index (χ3n) is 6.75. The van der Waals surface area contributed by atoms with Crippen LogP contribution in [0, 0.1) is 5.92 Å². The molecule has 4 rings (SSSR count). The minimum Gasteiger partial charge on any atom is -0.370 e. The van der Waals surface area contributed by atoms with Crippen LogP contribution in [0.25, 0.3) is 0 Å². The van der Waals surface area contributed by atoms with Gasteiger partial charge >= 0.3 is 5.92 Å². The van der Waals surface area contributed by atoms with Crippen molar-refractivity contribution >= 4 is 0 Å². The molecule has 4 nitrogen and oxygen atoms in total. The third kappa shape index (κ3) is 5.62. The maximum atomic E-state index is 16.0. The first-order chi connectivity index (χ1) is 16.8. The van der Waals surface area contributed by atoms with Crippen LogP contribution in [0.4, 0.5) is 8.78 Å². The molecule has 0 bridgehead atoms. The molecule has 0 saturated carbocycles. The predicted molar refractivity (Wildman–Crippen MR) is 130 cm³/mol. The number of halogens is 2. The molecule has 1 unspecified atom stereocenters. The third-order valence-corrected chi connectivity index (χ3v) is 6.75. The highest BCUT2D eigenvalue weighted by Gasteiger charge is 2.60. The Hall–Kier alpha value is -2.64. The van der Waals surface area contributed by atoms with Gasteiger partial charge in [-0.25, -0.2) is 0 Å². The molecule has 0 aromatic heterocycles. The lowest BCUT2D eigenvalue weighted by Crippen LogP contribution is -2.65. The Morgan fingerprint density at radius 1 is 0.800 bits per heavy atom. The number of ether oxygens (including phenoxy) is 3. The van der Waals surface area contributed by atoms with Crippen molar-refractivity contribution in [2.45, 2.75) is 63.5 Å². The molecule has 1 N–H and O–H groups in total. The van der Waals surface area contributed by atoms with Crippen molar-refractivity contribution in [2.75, 3.05) is 0 Å². The van der Waals surface area contributed by atoms with Crippen molar-refractivity contribution in [3.05, 3.63) is 108 Å². The summed E-state index contributed by atoms with van der Waals surface area (Å²) in [6, 6.07) is 26.4. The van der Waals surface area contributed by atoms with Crippen LogP contribution in [0.5, 0.6) is 0 Å². The van der Waals surface area contributed by atoms with Gasteiger partial charge in [0.25, 0.3) is 0 Å². The molecule has 1 heterocycles. The molecule has 0 radical (unpaired) electrons. The van der Waals surface area contributed by atoms with E-state index in [9.17, 15) is 5.11 Å². The van der Waals surface area contributed by atoms with Crippen LogP contribution in [-0.4, -0.2) is 29.2 Å². The van der Waals surface area contributed by atoms with Gasteiger partial charge in [0, 0.05) is 11.5 Å². The highest BCUT2D eigenvalue weighted by molar-refractivity contribution is 5.23. The first kappa shape index (κ1) is 25.5. The minimum atomic E-state index is -3.43. The molecule has 0 amide bonds. The van der Waals surface area contributed by atoms with E-state index in [0.717, 1.165) is 11.1 Å². The van der Waals surface area contributed by atoms with E-state index in [1.54, 1.807) is 32.0 Å². The average Bonchev–Trinajstić information content (AvgIpc) is 2.90. The molecule has 1 aliphatic heterocycles. The van der Waals surface area contributed by atoms with E-state index < -0.39 is 35.9 Å². The largest absolute Gasteiger partial charge is 0.370 e. The second kappa shape index (κ2) is 11.0. The summed E-state index contributed by atoms with van der Waals surface area (Å²) in [7, 11) is 0. The number of benzene rings is 3. The Bertz CT molecular complexity index is 1050. The topological polar surface area (TPSA) is 47.9 Å². The summed E-state index contributed by atoms with van der Waals surface area (Å²) >= 11 is 0. The highest BCUT2D eigenvalue weighted by Crippen LogP contribution is 2.46. The lowest BCUT2D eigenvalue weighted by molar-refractivity contribution is -0.374. The second-order valence-corrected chi connectivity index (χ2v) is 9.04. The molecule has 0 aliphatic carbocycles. The minimum absolute atomic E-state index is 0.110. The van der Waals surface area contributed by atoms with Crippen LogP contribution in [-0.2, 0) is 33.3 Å². The molecule has 186 valence electrons. The number of rotatable bonds is 9. The molecule has 5 atom stereocenters. The fourth-order valence-corrected chi connectivity index (χ4v) is 4.57. The van der Waals surface area contributed by atoms with Gasteiger partial charge in [-0.1, -0.05) is 105 Å². The molecular weight excluding hydrogens is 450 g/mol. The van der Waals surface area contributed by atoms with Gasteiger partial charge in [-0.2, -0.15) is 8.78 Å². The molecular formula is C29H32F2O4. The van der Waals surface area contributed by atoms with E-state index >= 15 is 8.78 Å². The van der Waals surface area contributed by atoms with Gasteiger partial charge in [-0.15, -0.1) is 0 Å². The van der Waals surface area contributed by atoms with Gasteiger partial charge in [-0.05, 0) is 17.5 Å². The van der Waals surface area contributed by atoms with Gasteiger partial charge in [0.1, 0.15) is 6.10 Å². The van der Waals surface area contributed by atoms with Crippen molar-refractivity contribution in [3.8, 4) is 0 Å². The summed E-state index contributed by atoms with van der Waals surface area (Å²) in [5.74, 6) is -5.84. The highest BCUT2D eigenvalue weighted by atomic mass is 19.3. The molecule has 1 fully saturated rings. The maximum Gasteiger partial charge on any atom is 0.301 e. The normalized spacial score (nSPS) is 27.0. The van der Waals surface area contributed by atoms with Gasteiger partial charge < -0.3 is 19.3 Å². The molecule has 1 saturated heterocycles. The smallest absolute Gasteiger partial charge is 0.301 e. The number of alkyl halides is 2. The lowest BCUT2D eigenvalue weighted by atomic mass is 9.81. The zero-order valence-electron chi connectivity index (χ0n) is 20.0.